The van der Waals surface area contributed by atoms with Gasteiger partial charge in [-0.15, -0.1) is 0 Å². The summed E-state index contributed by atoms with van der Waals surface area (Å²) in [5.41, 5.74) is 0. The number of ether oxygens (including phenoxy) is 1. The number of hydrogen-bond donors (Lipinski definition) is 0. The molecule has 1 fully saturated rings. The lowest BCUT2D eigenvalue weighted by Crippen LogP contribution is -2.24. The SMILES string of the molecule is CCCCOC(=O)C1C(C)CCC1C. The topological polar surface area (TPSA) is 26.3 Å². The average Bonchev–Trinajstić information content (AvgIpc) is 2.46. The van der Waals surface area contributed by atoms with Crippen molar-refractivity contribution in [3.05, 3.63) is 0 Å². The van der Waals surface area contributed by atoms with Gasteiger partial charge in [0.05, 0.1) is 12.5 Å². The van der Waals surface area contributed by atoms with Crippen molar-refractivity contribution in [2.24, 2.45) is 17.8 Å². The molecule has 1 rings (SSSR count). The highest BCUT2D eigenvalue weighted by molar-refractivity contribution is 5.73. The van der Waals surface area contributed by atoms with Gasteiger partial charge in [-0.2, -0.15) is 0 Å². The summed E-state index contributed by atoms with van der Waals surface area (Å²) in [6.45, 7) is 7.03. The fourth-order valence-corrected chi connectivity index (χ4v) is 2.32. The molecule has 1 aliphatic carbocycles. The highest BCUT2D eigenvalue weighted by Crippen LogP contribution is 2.37. The fraction of sp³-hybridized carbons (Fsp3) is 0.917. The summed E-state index contributed by atoms with van der Waals surface area (Å²) in [5, 5.41) is 0. The first-order chi connectivity index (χ1) is 6.66. The molecule has 0 aromatic heterocycles. The summed E-state index contributed by atoms with van der Waals surface area (Å²) < 4.78 is 5.27. The van der Waals surface area contributed by atoms with Crippen molar-refractivity contribution >= 4 is 5.97 Å². The van der Waals surface area contributed by atoms with Crippen LogP contribution in [0, 0.1) is 17.8 Å². The molecule has 2 unspecified atom stereocenters. The molecule has 0 N–H and O–H groups in total. The highest BCUT2D eigenvalue weighted by Gasteiger charge is 2.36. The largest absolute Gasteiger partial charge is 0.465 e. The molecule has 0 saturated heterocycles. The summed E-state index contributed by atoms with van der Waals surface area (Å²) in [6, 6.07) is 0. The van der Waals surface area contributed by atoms with Gasteiger partial charge < -0.3 is 4.74 Å². The molecule has 0 spiro atoms. The molecular formula is C12H22O2. The quantitative estimate of drug-likeness (QED) is 0.512. The predicted molar refractivity (Wildman–Crippen MR) is 56.9 cm³/mol. The number of hydrogen-bond acceptors (Lipinski definition) is 2. The monoisotopic (exact) mass is 198 g/mol. The lowest BCUT2D eigenvalue weighted by molar-refractivity contribution is -0.151. The average molecular weight is 198 g/mol. The molecule has 0 aromatic rings. The van der Waals surface area contributed by atoms with Crippen LogP contribution in [0.5, 0.6) is 0 Å². The van der Waals surface area contributed by atoms with Crippen molar-refractivity contribution in [2.75, 3.05) is 6.61 Å². The molecule has 1 aliphatic rings. The van der Waals surface area contributed by atoms with E-state index in [4.69, 9.17) is 4.74 Å². The first-order valence-electron chi connectivity index (χ1n) is 5.83. The van der Waals surface area contributed by atoms with Crippen molar-refractivity contribution in [3.8, 4) is 0 Å². The van der Waals surface area contributed by atoms with E-state index in [-0.39, 0.29) is 11.9 Å². The summed E-state index contributed by atoms with van der Waals surface area (Å²) in [4.78, 5) is 11.7. The normalized spacial score (nSPS) is 31.8. The molecule has 0 bridgehead atoms. The molecule has 2 heteroatoms. The van der Waals surface area contributed by atoms with E-state index in [1.807, 2.05) is 0 Å². The Morgan fingerprint density at radius 2 is 1.86 bits per heavy atom. The van der Waals surface area contributed by atoms with E-state index in [0.717, 1.165) is 12.8 Å². The van der Waals surface area contributed by atoms with Crippen LogP contribution in [0.25, 0.3) is 0 Å². The Balaban J connectivity index is 2.35. The van der Waals surface area contributed by atoms with Gasteiger partial charge >= 0.3 is 5.97 Å². The van der Waals surface area contributed by atoms with E-state index in [2.05, 4.69) is 20.8 Å². The van der Waals surface area contributed by atoms with E-state index in [0.29, 0.717) is 18.4 Å². The molecule has 2 atom stereocenters. The second-order valence-electron chi connectivity index (χ2n) is 4.58. The van der Waals surface area contributed by atoms with Gasteiger partial charge in [-0.05, 0) is 31.1 Å². The third kappa shape index (κ3) is 2.73. The fourth-order valence-electron chi connectivity index (χ4n) is 2.32. The van der Waals surface area contributed by atoms with Crippen LogP contribution in [0.4, 0.5) is 0 Å². The van der Waals surface area contributed by atoms with Crippen LogP contribution < -0.4 is 0 Å². The van der Waals surface area contributed by atoms with Crippen LogP contribution in [0.2, 0.25) is 0 Å². The Labute approximate surface area is 87.0 Å². The lowest BCUT2D eigenvalue weighted by Gasteiger charge is -2.18. The van der Waals surface area contributed by atoms with Crippen molar-refractivity contribution in [2.45, 2.75) is 46.5 Å². The van der Waals surface area contributed by atoms with E-state index in [1.54, 1.807) is 0 Å². The lowest BCUT2D eigenvalue weighted by atomic mass is 9.92. The van der Waals surface area contributed by atoms with Crippen molar-refractivity contribution in [1.82, 2.24) is 0 Å². The van der Waals surface area contributed by atoms with Gasteiger partial charge in [-0.25, -0.2) is 0 Å². The van der Waals surface area contributed by atoms with E-state index < -0.39 is 0 Å². The Morgan fingerprint density at radius 1 is 1.29 bits per heavy atom. The van der Waals surface area contributed by atoms with E-state index >= 15 is 0 Å². The Morgan fingerprint density at radius 3 is 2.36 bits per heavy atom. The molecule has 0 amide bonds. The minimum absolute atomic E-state index is 0.0379. The van der Waals surface area contributed by atoms with Crippen molar-refractivity contribution in [1.29, 1.82) is 0 Å². The maximum atomic E-state index is 11.7. The van der Waals surface area contributed by atoms with Gasteiger partial charge in [0.25, 0.3) is 0 Å². The molecule has 0 heterocycles. The molecule has 2 nitrogen and oxygen atoms in total. The Hall–Kier alpha value is -0.530. The smallest absolute Gasteiger partial charge is 0.309 e. The van der Waals surface area contributed by atoms with E-state index in [9.17, 15) is 4.79 Å². The first-order valence-corrected chi connectivity index (χ1v) is 5.83. The zero-order chi connectivity index (χ0) is 10.6. The Bertz CT molecular complexity index is 179. The predicted octanol–water partition coefficient (Wildman–Crippen LogP) is 3.01. The first kappa shape index (κ1) is 11.5. The van der Waals surface area contributed by atoms with Gasteiger partial charge in [-0.1, -0.05) is 27.2 Å². The summed E-state index contributed by atoms with van der Waals surface area (Å²) in [6.07, 6.45) is 4.42. The van der Waals surface area contributed by atoms with Crippen LogP contribution in [-0.4, -0.2) is 12.6 Å². The molecule has 82 valence electrons. The molecule has 0 radical (unpaired) electrons. The maximum absolute atomic E-state index is 11.7. The zero-order valence-corrected chi connectivity index (χ0v) is 9.58. The number of esters is 1. The molecule has 0 aliphatic heterocycles. The van der Waals surface area contributed by atoms with Crippen LogP contribution >= 0.6 is 0 Å². The summed E-state index contributed by atoms with van der Waals surface area (Å²) >= 11 is 0. The minimum atomic E-state index is 0.0379. The molecular weight excluding hydrogens is 176 g/mol. The van der Waals surface area contributed by atoms with Crippen molar-refractivity contribution in [3.63, 3.8) is 0 Å². The van der Waals surface area contributed by atoms with E-state index in [1.165, 1.54) is 12.8 Å². The second-order valence-corrected chi connectivity index (χ2v) is 4.58. The van der Waals surface area contributed by atoms with Crippen LogP contribution in [0.1, 0.15) is 46.5 Å². The van der Waals surface area contributed by atoms with Gasteiger partial charge in [0, 0.05) is 0 Å². The van der Waals surface area contributed by atoms with Gasteiger partial charge in [-0.3, -0.25) is 4.79 Å². The van der Waals surface area contributed by atoms with Gasteiger partial charge in [0.2, 0.25) is 0 Å². The minimum Gasteiger partial charge on any atom is -0.465 e. The van der Waals surface area contributed by atoms with Crippen LogP contribution in [0.15, 0.2) is 0 Å². The van der Waals surface area contributed by atoms with Crippen LogP contribution in [-0.2, 0) is 9.53 Å². The third-order valence-corrected chi connectivity index (χ3v) is 3.32. The number of carbonyl (C=O) groups is 1. The Kier molecular flexibility index (Phi) is 4.43. The molecule has 14 heavy (non-hydrogen) atoms. The second kappa shape index (κ2) is 5.38. The number of carbonyl (C=O) groups excluding carboxylic acids is 1. The van der Waals surface area contributed by atoms with Crippen LogP contribution in [0.3, 0.4) is 0 Å². The molecule has 0 aromatic carbocycles. The standard InChI is InChI=1S/C12H22O2/c1-4-5-8-14-12(13)11-9(2)6-7-10(11)3/h9-11H,4-8H2,1-3H3. The number of unbranched alkanes of at least 4 members (excludes halogenated alkanes) is 1. The highest BCUT2D eigenvalue weighted by atomic mass is 16.5. The summed E-state index contributed by atoms with van der Waals surface area (Å²) in [7, 11) is 0. The van der Waals surface area contributed by atoms with Crippen molar-refractivity contribution < 1.29 is 9.53 Å². The summed E-state index contributed by atoms with van der Waals surface area (Å²) in [5.74, 6) is 1.22. The zero-order valence-electron chi connectivity index (χ0n) is 9.58. The third-order valence-electron chi connectivity index (χ3n) is 3.32. The molecule has 1 saturated carbocycles. The number of rotatable bonds is 4. The van der Waals surface area contributed by atoms with Gasteiger partial charge in [0.15, 0.2) is 0 Å². The maximum Gasteiger partial charge on any atom is 0.309 e. The van der Waals surface area contributed by atoms with Gasteiger partial charge in [0.1, 0.15) is 0 Å².